The standard InChI is InChI=1S/C17H26N2O/c1-13-4-3-8-17(20,10-13)12-18-11-15-6-2-5-14-7-9-19-16(14)15/h2,5-6,13,18-20H,3-4,7-12H2,1H3. The van der Waals surface area contributed by atoms with Crippen LogP contribution in [0.2, 0.25) is 0 Å². The van der Waals surface area contributed by atoms with Gasteiger partial charge in [0.1, 0.15) is 0 Å². The number of benzene rings is 1. The quantitative estimate of drug-likeness (QED) is 0.791. The second-order valence-electron chi connectivity index (χ2n) is 6.66. The Hall–Kier alpha value is -1.06. The summed E-state index contributed by atoms with van der Waals surface area (Å²) >= 11 is 0. The van der Waals surface area contributed by atoms with E-state index in [1.807, 2.05) is 0 Å². The van der Waals surface area contributed by atoms with Crippen LogP contribution in [0.1, 0.15) is 43.7 Å². The second-order valence-corrected chi connectivity index (χ2v) is 6.66. The molecule has 0 radical (unpaired) electrons. The first-order valence-corrected chi connectivity index (χ1v) is 7.94. The lowest BCUT2D eigenvalue weighted by atomic mass is 9.79. The first-order chi connectivity index (χ1) is 9.66. The van der Waals surface area contributed by atoms with Crippen LogP contribution in [-0.4, -0.2) is 23.8 Å². The summed E-state index contributed by atoms with van der Waals surface area (Å²) in [5, 5.41) is 17.6. The van der Waals surface area contributed by atoms with E-state index in [1.165, 1.54) is 23.2 Å². The molecule has 1 heterocycles. The Morgan fingerprint density at radius 3 is 3.20 bits per heavy atom. The van der Waals surface area contributed by atoms with Crippen molar-refractivity contribution in [3.8, 4) is 0 Å². The molecule has 1 fully saturated rings. The van der Waals surface area contributed by atoms with Gasteiger partial charge in [0, 0.05) is 25.3 Å². The molecular weight excluding hydrogens is 248 g/mol. The van der Waals surface area contributed by atoms with Crippen molar-refractivity contribution in [3.05, 3.63) is 29.3 Å². The molecule has 0 saturated heterocycles. The molecule has 2 atom stereocenters. The molecular formula is C17H26N2O. The fraction of sp³-hybridized carbons (Fsp3) is 0.647. The monoisotopic (exact) mass is 274 g/mol. The fourth-order valence-electron chi connectivity index (χ4n) is 3.78. The minimum Gasteiger partial charge on any atom is -0.389 e. The number of para-hydroxylation sites is 1. The summed E-state index contributed by atoms with van der Waals surface area (Å²) in [5.41, 5.74) is 3.56. The van der Waals surface area contributed by atoms with Gasteiger partial charge in [0.05, 0.1) is 5.60 Å². The van der Waals surface area contributed by atoms with E-state index in [9.17, 15) is 5.11 Å². The van der Waals surface area contributed by atoms with Crippen molar-refractivity contribution in [2.24, 2.45) is 5.92 Å². The van der Waals surface area contributed by atoms with Crippen molar-refractivity contribution in [1.82, 2.24) is 5.32 Å². The highest BCUT2D eigenvalue weighted by atomic mass is 16.3. The van der Waals surface area contributed by atoms with Crippen LogP contribution in [-0.2, 0) is 13.0 Å². The van der Waals surface area contributed by atoms with Gasteiger partial charge in [0.15, 0.2) is 0 Å². The third-order valence-corrected chi connectivity index (χ3v) is 4.77. The number of hydrogen-bond acceptors (Lipinski definition) is 3. The van der Waals surface area contributed by atoms with Crippen molar-refractivity contribution < 1.29 is 5.11 Å². The molecule has 0 amide bonds. The molecule has 0 bridgehead atoms. The van der Waals surface area contributed by atoms with E-state index in [2.05, 4.69) is 35.8 Å². The van der Waals surface area contributed by atoms with E-state index in [0.29, 0.717) is 12.5 Å². The molecule has 2 aliphatic rings. The van der Waals surface area contributed by atoms with Gasteiger partial charge in [-0.25, -0.2) is 0 Å². The SMILES string of the molecule is CC1CCCC(O)(CNCc2cccc3c2NCC3)C1. The number of aliphatic hydroxyl groups is 1. The lowest BCUT2D eigenvalue weighted by Crippen LogP contribution is -2.43. The van der Waals surface area contributed by atoms with Crippen LogP contribution in [0.25, 0.3) is 0 Å². The largest absolute Gasteiger partial charge is 0.389 e. The minimum absolute atomic E-state index is 0.497. The molecule has 3 nitrogen and oxygen atoms in total. The highest BCUT2D eigenvalue weighted by molar-refractivity contribution is 5.61. The third-order valence-electron chi connectivity index (χ3n) is 4.77. The molecule has 2 unspecified atom stereocenters. The van der Waals surface area contributed by atoms with E-state index in [0.717, 1.165) is 38.8 Å². The topological polar surface area (TPSA) is 44.3 Å². The van der Waals surface area contributed by atoms with Gasteiger partial charge in [-0.2, -0.15) is 0 Å². The van der Waals surface area contributed by atoms with Crippen LogP contribution < -0.4 is 10.6 Å². The Labute approximate surface area is 121 Å². The predicted molar refractivity (Wildman–Crippen MR) is 82.9 cm³/mol. The summed E-state index contributed by atoms with van der Waals surface area (Å²) in [6, 6.07) is 6.52. The van der Waals surface area contributed by atoms with E-state index in [-0.39, 0.29) is 0 Å². The van der Waals surface area contributed by atoms with Crippen molar-refractivity contribution >= 4 is 5.69 Å². The molecule has 1 aliphatic heterocycles. The highest BCUT2D eigenvalue weighted by Gasteiger charge is 2.32. The normalized spacial score (nSPS) is 29.0. The summed E-state index contributed by atoms with van der Waals surface area (Å²) in [7, 11) is 0. The third kappa shape index (κ3) is 2.99. The van der Waals surface area contributed by atoms with Gasteiger partial charge in [-0.1, -0.05) is 38.0 Å². The number of hydrogen-bond donors (Lipinski definition) is 3. The Balaban J connectivity index is 1.56. The Morgan fingerprint density at radius 2 is 2.35 bits per heavy atom. The van der Waals surface area contributed by atoms with Gasteiger partial charge in [0.2, 0.25) is 0 Å². The van der Waals surface area contributed by atoms with Gasteiger partial charge in [-0.05, 0) is 36.3 Å². The van der Waals surface area contributed by atoms with Gasteiger partial charge < -0.3 is 15.7 Å². The Bertz CT molecular complexity index is 474. The average molecular weight is 274 g/mol. The summed E-state index contributed by atoms with van der Waals surface area (Å²) in [4.78, 5) is 0. The van der Waals surface area contributed by atoms with Crippen LogP contribution in [0, 0.1) is 5.92 Å². The van der Waals surface area contributed by atoms with E-state index in [1.54, 1.807) is 0 Å². The number of anilines is 1. The highest BCUT2D eigenvalue weighted by Crippen LogP contribution is 2.32. The van der Waals surface area contributed by atoms with Crippen LogP contribution in [0.4, 0.5) is 5.69 Å². The minimum atomic E-state index is -0.497. The fourth-order valence-corrected chi connectivity index (χ4v) is 3.78. The predicted octanol–water partition coefficient (Wildman–Crippen LogP) is 2.69. The Morgan fingerprint density at radius 1 is 1.45 bits per heavy atom. The van der Waals surface area contributed by atoms with Crippen molar-refractivity contribution in [2.75, 3.05) is 18.4 Å². The molecule has 1 aromatic carbocycles. The molecule has 0 spiro atoms. The first-order valence-electron chi connectivity index (χ1n) is 7.94. The van der Waals surface area contributed by atoms with Crippen molar-refractivity contribution in [1.29, 1.82) is 0 Å². The van der Waals surface area contributed by atoms with Gasteiger partial charge in [0.25, 0.3) is 0 Å². The average Bonchev–Trinajstić information content (AvgIpc) is 2.87. The lowest BCUT2D eigenvalue weighted by molar-refractivity contribution is -0.0119. The second kappa shape index (κ2) is 5.74. The maximum Gasteiger partial charge on any atom is 0.0774 e. The smallest absolute Gasteiger partial charge is 0.0774 e. The molecule has 1 aromatic rings. The van der Waals surface area contributed by atoms with Crippen molar-refractivity contribution in [3.63, 3.8) is 0 Å². The summed E-state index contributed by atoms with van der Waals surface area (Å²) in [5.74, 6) is 0.651. The Kier molecular flexibility index (Phi) is 3.99. The molecule has 3 heteroatoms. The molecule has 0 aromatic heterocycles. The number of rotatable bonds is 4. The summed E-state index contributed by atoms with van der Waals surface area (Å²) < 4.78 is 0. The van der Waals surface area contributed by atoms with E-state index >= 15 is 0 Å². The van der Waals surface area contributed by atoms with Crippen LogP contribution >= 0.6 is 0 Å². The van der Waals surface area contributed by atoms with Gasteiger partial charge >= 0.3 is 0 Å². The molecule has 1 saturated carbocycles. The molecule has 1 aliphatic carbocycles. The van der Waals surface area contributed by atoms with Gasteiger partial charge in [-0.15, -0.1) is 0 Å². The number of nitrogens with one attached hydrogen (secondary N) is 2. The maximum absolute atomic E-state index is 10.6. The summed E-state index contributed by atoms with van der Waals surface area (Å²) in [6.07, 6.45) is 5.42. The molecule has 3 N–H and O–H groups in total. The zero-order valence-corrected chi connectivity index (χ0v) is 12.4. The molecule has 20 heavy (non-hydrogen) atoms. The number of fused-ring (bicyclic) bond motifs is 1. The zero-order chi connectivity index (χ0) is 14.0. The summed E-state index contributed by atoms with van der Waals surface area (Å²) in [6.45, 7) is 4.85. The lowest BCUT2D eigenvalue weighted by Gasteiger charge is -2.35. The van der Waals surface area contributed by atoms with Crippen LogP contribution in [0.5, 0.6) is 0 Å². The maximum atomic E-state index is 10.6. The van der Waals surface area contributed by atoms with E-state index < -0.39 is 5.60 Å². The van der Waals surface area contributed by atoms with Crippen molar-refractivity contribution in [2.45, 2.75) is 51.2 Å². The molecule has 110 valence electrons. The van der Waals surface area contributed by atoms with Crippen LogP contribution in [0.15, 0.2) is 18.2 Å². The van der Waals surface area contributed by atoms with Gasteiger partial charge in [-0.3, -0.25) is 0 Å². The van der Waals surface area contributed by atoms with E-state index in [4.69, 9.17) is 0 Å². The molecule has 3 rings (SSSR count). The first kappa shape index (κ1) is 13.9. The zero-order valence-electron chi connectivity index (χ0n) is 12.4. The van der Waals surface area contributed by atoms with Crippen LogP contribution in [0.3, 0.4) is 0 Å².